The number of fused-ring (bicyclic) bond motifs is 1. The second-order valence-electron chi connectivity index (χ2n) is 3.54. The summed E-state index contributed by atoms with van der Waals surface area (Å²) in [4.78, 5) is 10.8. The van der Waals surface area contributed by atoms with Crippen molar-refractivity contribution >= 4 is 16.7 Å². The molecule has 0 aromatic heterocycles. The number of ether oxygens (including phenoxy) is 1. The second kappa shape index (κ2) is 5.34. The van der Waals surface area contributed by atoms with Crippen LogP contribution in [-0.2, 0) is 11.2 Å². The maximum atomic E-state index is 10.8. The van der Waals surface area contributed by atoms with Crippen molar-refractivity contribution in [3.05, 3.63) is 42.0 Å². The van der Waals surface area contributed by atoms with E-state index in [-0.39, 0.29) is 13.8 Å². The van der Waals surface area contributed by atoms with Crippen molar-refractivity contribution < 1.29 is 14.6 Å². The van der Waals surface area contributed by atoms with Gasteiger partial charge < -0.3 is 9.84 Å². The van der Waals surface area contributed by atoms with Gasteiger partial charge in [-0.25, -0.2) is 0 Å². The molecule has 0 saturated heterocycles. The third-order valence-electron chi connectivity index (χ3n) is 2.55. The van der Waals surface area contributed by atoms with Crippen LogP contribution in [0.3, 0.4) is 0 Å². The van der Waals surface area contributed by atoms with Crippen molar-refractivity contribution in [2.45, 2.75) is 13.8 Å². The normalized spacial score (nSPS) is 9.71. The lowest BCUT2D eigenvalue weighted by Crippen LogP contribution is -2.03. The average molecular weight is 232 g/mol. The van der Waals surface area contributed by atoms with Crippen molar-refractivity contribution in [1.82, 2.24) is 0 Å². The van der Waals surface area contributed by atoms with E-state index in [1.54, 1.807) is 13.2 Å². The summed E-state index contributed by atoms with van der Waals surface area (Å²) < 4.78 is 5.19. The van der Waals surface area contributed by atoms with Gasteiger partial charge in [0.05, 0.1) is 13.5 Å². The largest absolute Gasteiger partial charge is 0.496 e. The SMILES string of the molecule is C.COc1ccc2ccccc2c1CC(=O)O. The van der Waals surface area contributed by atoms with Crippen LogP contribution in [0.1, 0.15) is 13.0 Å². The molecule has 0 atom stereocenters. The van der Waals surface area contributed by atoms with Gasteiger partial charge in [0.1, 0.15) is 5.75 Å². The summed E-state index contributed by atoms with van der Waals surface area (Å²) in [6.07, 6.45) is -0.0233. The molecule has 2 rings (SSSR count). The lowest BCUT2D eigenvalue weighted by Gasteiger charge is -2.10. The molecule has 0 aliphatic heterocycles. The van der Waals surface area contributed by atoms with Crippen LogP contribution in [0.25, 0.3) is 10.8 Å². The highest BCUT2D eigenvalue weighted by molar-refractivity contribution is 5.90. The molecule has 3 heteroatoms. The minimum atomic E-state index is -0.852. The zero-order chi connectivity index (χ0) is 11.5. The molecule has 90 valence electrons. The molecular weight excluding hydrogens is 216 g/mol. The number of carboxylic acids is 1. The molecule has 0 amide bonds. The van der Waals surface area contributed by atoms with Gasteiger partial charge in [-0.1, -0.05) is 37.8 Å². The van der Waals surface area contributed by atoms with Crippen LogP contribution < -0.4 is 4.74 Å². The summed E-state index contributed by atoms with van der Waals surface area (Å²) in [7, 11) is 1.55. The van der Waals surface area contributed by atoms with Gasteiger partial charge in [-0.2, -0.15) is 0 Å². The van der Waals surface area contributed by atoms with Crippen molar-refractivity contribution in [1.29, 1.82) is 0 Å². The summed E-state index contributed by atoms with van der Waals surface area (Å²) in [6, 6.07) is 11.4. The first-order chi connectivity index (χ1) is 7.72. The van der Waals surface area contributed by atoms with E-state index in [1.165, 1.54) is 0 Å². The molecule has 0 heterocycles. The first-order valence-corrected chi connectivity index (χ1v) is 4.99. The molecule has 2 aromatic carbocycles. The third-order valence-corrected chi connectivity index (χ3v) is 2.55. The van der Waals surface area contributed by atoms with Gasteiger partial charge in [-0.3, -0.25) is 4.79 Å². The van der Waals surface area contributed by atoms with E-state index in [0.717, 1.165) is 16.3 Å². The number of methoxy groups -OCH3 is 1. The fraction of sp³-hybridized carbons (Fsp3) is 0.214. The number of carboxylic acid groups (broad SMARTS) is 1. The molecule has 0 bridgehead atoms. The number of hydrogen-bond acceptors (Lipinski definition) is 2. The quantitative estimate of drug-likeness (QED) is 0.884. The van der Waals surface area contributed by atoms with Crippen LogP contribution in [-0.4, -0.2) is 18.2 Å². The molecule has 0 unspecified atom stereocenters. The Balaban J connectivity index is 0.00000144. The predicted octanol–water partition coefficient (Wildman–Crippen LogP) is 3.11. The fourth-order valence-corrected chi connectivity index (χ4v) is 1.84. The van der Waals surface area contributed by atoms with Gasteiger partial charge >= 0.3 is 5.97 Å². The van der Waals surface area contributed by atoms with Crippen molar-refractivity contribution in [2.75, 3.05) is 7.11 Å². The van der Waals surface area contributed by atoms with E-state index in [2.05, 4.69) is 0 Å². The minimum absolute atomic E-state index is 0. The molecular formula is C14H16O3. The first kappa shape index (κ1) is 13.0. The molecule has 0 saturated carbocycles. The lowest BCUT2D eigenvalue weighted by molar-refractivity contribution is -0.136. The van der Waals surface area contributed by atoms with E-state index in [1.807, 2.05) is 30.3 Å². The number of rotatable bonds is 3. The van der Waals surface area contributed by atoms with Gasteiger partial charge in [-0.15, -0.1) is 0 Å². The minimum Gasteiger partial charge on any atom is -0.496 e. The highest BCUT2D eigenvalue weighted by Crippen LogP contribution is 2.28. The Bertz CT molecular complexity index is 532. The Kier molecular flexibility index (Phi) is 4.10. The zero-order valence-electron chi connectivity index (χ0n) is 8.93. The van der Waals surface area contributed by atoms with Crippen molar-refractivity contribution in [2.24, 2.45) is 0 Å². The molecule has 0 spiro atoms. The third kappa shape index (κ3) is 2.56. The van der Waals surface area contributed by atoms with Crippen molar-refractivity contribution in [3.63, 3.8) is 0 Å². The predicted molar refractivity (Wildman–Crippen MR) is 68.6 cm³/mol. The molecule has 2 aromatic rings. The summed E-state index contributed by atoms with van der Waals surface area (Å²) >= 11 is 0. The van der Waals surface area contributed by atoms with E-state index < -0.39 is 5.97 Å². The lowest BCUT2D eigenvalue weighted by atomic mass is 10.0. The number of carbonyl (C=O) groups is 1. The first-order valence-electron chi connectivity index (χ1n) is 4.99. The highest BCUT2D eigenvalue weighted by Gasteiger charge is 2.11. The topological polar surface area (TPSA) is 46.5 Å². The summed E-state index contributed by atoms with van der Waals surface area (Å²) in [5.74, 6) is -0.226. The monoisotopic (exact) mass is 232 g/mol. The molecule has 0 radical (unpaired) electrons. The standard InChI is InChI=1S/C13H12O3.CH4/c1-16-12-7-6-9-4-2-3-5-10(9)11(12)8-13(14)15;/h2-7H,8H2,1H3,(H,14,15);1H4. The van der Waals surface area contributed by atoms with Crippen LogP contribution in [0.15, 0.2) is 36.4 Å². The van der Waals surface area contributed by atoms with Crippen LogP contribution in [0.5, 0.6) is 5.75 Å². The number of benzene rings is 2. The number of aliphatic carboxylic acids is 1. The Hall–Kier alpha value is -2.03. The fourth-order valence-electron chi connectivity index (χ4n) is 1.84. The zero-order valence-corrected chi connectivity index (χ0v) is 8.93. The highest BCUT2D eigenvalue weighted by atomic mass is 16.5. The second-order valence-corrected chi connectivity index (χ2v) is 3.54. The van der Waals surface area contributed by atoms with E-state index >= 15 is 0 Å². The van der Waals surface area contributed by atoms with E-state index in [9.17, 15) is 4.79 Å². The van der Waals surface area contributed by atoms with Crippen LogP contribution in [0, 0.1) is 0 Å². The molecule has 0 aliphatic carbocycles. The van der Waals surface area contributed by atoms with Gasteiger partial charge in [-0.05, 0) is 16.8 Å². The maximum absolute atomic E-state index is 10.8. The van der Waals surface area contributed by atoms with Gasteiger partial charge in [0.25, 0.3) is 0 Å². The van der Waals surface area contributed by atoms with Gasteiger partial charge in [0.2, 0.25) is 0 Å². The number of hydrogen-bond donors (Lipinski definition) is 1. The molecule has 1 N–H and O–H groups in total. The van der Waals surface area contributed by atoms with Crippen molar-refractivity contribution in [3.8, 4) is 5.75 Å². The summed E-state index contributed by atoms with van der Waals surface area (Å²) in [5, 5.41) is 10.9. The summed E-state index contributed by atoms with van der Waals surface area (Å²) in [5.41, 5.74) is 0.730. The van der Waals surface area contributed by atoms with E-state index in [4.69, 9.17) is 9.84 Å². The van der Waals surface area contributed by atoms with Crippen LogP contribution in [0.2, 0.25) is 0 Å². The van der Waals surface area contributed by atoms with Gasteiger partial charge in [0.15, 0.2) is 0 Å². The Morgan fingerprint density at radius 1 is 1.24 bits per heavy atom. The Morgan fingerprint density at radius 2 is 1.94 bits per heavy atom. The van der Waals surface area contributed by atoms with Crippen LogP contribution in [0.4, 0.5) is 0 Å². The smallest absolute Gasteiger partial charge is 0.307 e. The Labute approximate surface area is 101 Å². The molecule has 0 aliphatic rings. The van der Waals surface area contributed by atoms with Gasteiger partial charge in [0, 0.05) is 5.56 Å². The Morgan fingerprint density at radius 3 is 2.59 bits per heavy atom. The van der Waals surface area contributed by atoms with Crippen LogP contribution >= 0.6 is 0 Å². The molecule has 3 nitrogen and oxygen atoms in total. The molecule has 17 heavy (non-hydrogen) atoms. The average Bonchev–Trinajstić information content (AvgIpc) is 2.29. The summed E-state index contributed by atoms with van der Waals surface area (Å²) in [6.45, 7) is 0. The van der Waals surface area contributed by atoms with E-state index in [0.29, 0.717) is 5.75 Å². The molecule has 0 fully saturated rings. The maximum Gasteiger partial charge on any atom is 0.307 e.